The van der Waals surface area contributed by atoms with Gasteiger partial charge in [-0.3, -0.25) is 9.59 Å². The molecule has 1 aromatic heterocycles. The Morgan fingerprint density at radius 1 is 1.08 bits per heavy atom. The van der Waals surface area contributed by atoms with Crippen LogP contribution in [0.25, 0.3) is 0 Å². The molecule has 10 nitrogen and oxygen atoms in total. The average Bonchev–Trinajstić information content (AvgIpc) is 3.70. The molecule has 0 bridgehead atoms. The standard InChI is InChI=1S/C40H58N2O8S3/c1-6-41-36-26-30(4)52(45,46)40-35(36)27-39(51-40)53(47,48)42-23-14-24-49-38(44)18-13-8-7-12-17-34-33(29(3)25-37(34)50-31(5)43)22-20-28(2)19-21-32-15-10-9-11-16-32/h7,9-12,15-16,23,27-30,33-34,36-37,41H,6,8,13-14,17-22,24-26H2,1-5H3/b12-7-,42-23?/t28-,29-,30+,33+,34?,36+,37+/m1/s1. The monoisotopic (exact) mass is 790 g/mol. The number of benzene rings is 1. The second-order valence-electron chi connectivity index (χ2n) is 14.8. The molecule has 294 valence electrons. The molecular weight excluding hydrogens is 733 g/mol. The van der Waals surface area contributed by atoms with Crippen molar-refractivity contribution in [2.24, 2.45) is 28.1 Å². The molecule has 4 rings (SSSR count). The van der Waals surface area contributed by atoms with Crippen LogP contribution in [0, 0.1) is 23.7 Å². The van der Waals surface area contributed by atoms with E-state index >= 15 is 0 Å². The summed E-state index contributed by atoms with van der Waals surface area (Å²) in [4.78, 5) is 24.2. The van der Waals surface area contributed by atoms with Crippen LogP contribution in [0.2, 0.25) is 0 Å². The highest BCUT2D eigenvalue weighted by molar-refractivity contribution is 7.96. The highest BCUT2D eigenvalue weighted by atomic mass is 32.3. The maximum absolute atomic E-state index is 12.9. The number of hydrogen-bond acceptors (Lipinski definition) is 10. The van der Waals surface area contributed by atoms with E-state index in [1.165, 1.54) is 24.8 Å². The number of rotatable bonds is 20. The number of esters is 2. The van der Waals surface area contributed by atoms with E-state index in [1.54, 1.807) is 6.92 Å². The first-order chi connectivity index (χ1) is 25.2. The van der Waals surface area contributed by atoms with Crippen molar-refractivity contribution >= 4 is 49.4 Å². The SMILES string of the molecule is CCN[C@H]1C[C@H](C)S(=O)(=O)c2sc(S(=O)(=O)N=CCCOC(=O)CCC/C=C\CC3[C@@H](OC(C)=O)C[C@@H](C)[C@@H]3CC[C@H](C)CCc3ccccc3)cc21. The van der Waals surface area contributed by atoms with E-state index in [4.69, 9.17) is 9.47 Å². The van der Waals surface area contributed by atoms with E-state index in [1.807, 2.05) is 6.92 Å². The van der Waals surface area contributed by atoms with Crippen LogP contribution in [-0.2, 0) is 45.3 Å². The lowest BCUT2D eigenvalue weighted by Gasteiger charge is -2.27. The predicted molar refractivity (Wildman–Crippen MR) is 210 cm³/mol. The Bertz CT molecular complexity index is 1770. The Morgan fingerprint density at radius 3 is 2.55 bits per heavy atom. The molecular formula is C40H58N2O8S3. The first-order valence-corrected chi connectivity index (χ1v) is 22.9. The van der Waals surface area contributed by atoms with Crippen molar-refractivity contribution in [1.29, 1.82) is 0 Å². The number of nitrogens with zero attached hydrogens (tertiary/aromatic N) is 1. The number of ether oxygens (including phenoxy) is 2. The third kappa shape index (κ3) is 12.3. The number of fused-ring (bicyclic) bond motifs is 1. The van der Waals surface area contributed by atoms with Gasteiger partial charge in [-0.15, -0.1) is 11.3 Å². The molecule has 1 fully saturated rings. The summed E-state index contributed by atoms with van der Waals surface area (Å²) in [5.41, 5.74) is 1.86. The third-order valence-corrected chi connectivity index (χ3v) is 16.3. The Kier molecular flexibility index (Phi) is 16.3. The maximum atomic E-state index is 12.9. The molecule has 2 aromatic rings. The first-order valence-electron chi connectivity index (χ1n) is 19.1. The molecule has 0 amide bonds. The molecule has 0 saturated heterocycles. The Hall–Kier alpha value is -2.87. The van der Waals surface area contributed by atoms with Crippen LogP contribution >= 0.6 is 11.3 Å². The number of unbranched alkanes of at least 4 members (excludes halogenated alkanes) is 1. The molecule has 0 radical (unpaired) electrons. The molecule has 1 saturated carbocycles. The fourth-order valence-corrected chi connectivity index (χ4v) is 12.6. The zero-order valence-corrected chi connectivity index (χ0v) is 34.3. The molecule has 1 aliphatic heterocycles. The summed E-state index contributed by atoms with van der Waals surface area (Å²) in [7, 11) is -7.71. The second kappa shape index (κ2) is 20.2. The minimum Gasteiger partial charge on any atom is -0.465 e. The topological polar surface area (TPSA) is 145 Å². The summed E-state index contributed by atoms with van der Waals surface area (Å²) in [5, 5.41) is 2.63. The van der Waals surface area contributed by atoms with Crippen molar-refractivity contribution in [3.05, 3.63) is 59.7 Å². The number of thiophene rings is 1. The number of sulfonamides is 1. The van der Waals surface area contributed by atoms with E-state index in [0.717, 1.165) is 49.9 Å². The van der Waals surface area contributed by atoms with Gasteiger partial charge in [-0.05, 0) is 94.2 Å². The van der Waals surface area contributed by atoms with Gasteiger partial charge in [0.15, 0.2) is 9.84 Å². The smallest absolute Gasteiger partial charge is 0.305 e. The molecule has 7 atom stereocenters. The second-order valence-corrected chi connectivity index (χ2v) is 20.2. The molecule has 1 aromatic carbocycles. The molecule has 0 spiro atoms. The van der Waals surface area contributed by atoms with E-state index in [9.17, 15) is 26.4 Å². The molecule has 1 aliphatic carbocycles. The van der Waals surface area contributed by atoms with Gasteiger partial charge < -0.3 is 14.8 Å². The van der Waals surface area contributed by atoms with Crippen LogP contribution in [0.3, 0.4) is 0 Å². The number of nitrogens with one attached hydrogen (secondary N) is 1. The summed E-state index contributed by atoms with van der Waals surface area (Å²) in [6, 6.07) is 11.8. The first kappa shape index (κ1) is 42.9. The minimum absolute atomic E-state index is 0.00726. The lowest BCUT2D eigenvalue weighted by atomic mass is 9.81. The van der Waals surface area contributed by atoms with Crippen molar-refractivity contribution in [3.8, 4) is 0 Å². The van der Waals surface area contributed by atoms with Crippen molar-refractivity contribution in [1.82, 2.24) is 5.32 Å². The number of carbonyl (C=O) groups excluding carboxylic acids is 2. The lowest BCUT2D eigenvalue weighted by molar-refractivity contribution is -0.148. The summed E-state index contributed by atoms with van der Waals surface area (Å²) >= 11 is 0.739. The minimum atomic E-state index is -4.10. The number of sulfone groups is 1. The van der Waals surface area contributed by atoms with E-state index in [-0.39, 0.29) is 57.9 Å². The quantitative estimate of drug-likeness (QED) is 0.0610. The molecule has 1 unspecified atom stereocenters. The van der Waals surface area contributed by atoms with Gasteiger partial charge in [0.05, 0.1) is 11.9 Å². The zero-order chi connectivity index (χ0) is 38.6. The lowest BCUT2D eigenvalue weighted by Crippen LogP contribution is -2.33. The number of carbonyl (C=O) groups is 2. The van der Waals surface area contributed by atoms with Crippen LogP contribution in [0.4, 0.5) is 0 Å². The van der Waals surface area contributed by atoms with E-state index < -0.39 is 25.1 Å². The molecule has 13 heteroatoms. The highest BCUT2D eigenvalue weighted by Gasteiger charge is 2.42. The Balaban J connectivity index is 1.18. The number of allylic oxidation sites excluding steroid dienone is 2. The van der Waals surface area contributed by atoms with Crippen molar-refractivity contribution < 1.29 is 35.9 Å². The summed E-state index contributed by atoms with van der Waals surface area (Å²) in [6.45, 7) is 10.3. The fraction of sp³-hybridized carbons (Fsp3) is 0.625. The van der Waals surface area contributed by atoms with Crippen molar-refractivity contribution in [2.75, 3.05) is 13.2 Å². The summed E-state index contributed by atoms with van der Waals surface area (Å²) in [5.74, 6) is 1.27. The zero-order valence-electron chi connectivity index (χ0n) is 31.9. The largest absolute Gasteiger partial charge is 0.465 e. The molecule has 2 aliphatic rings. The highest BCUT2D eigenvalue weighted by Crippen LogP contribution is 2.45. The van der Waals surface area contributed by atoms with Crippen LogP contribution in [0.15, 0.2) is 61.4 Å². The number of hydrogen-bond donors (Lipinski definition) is 1. The average molecular weight is 791 g/mol. The van der Waals surface area contributed by atoms with Gasteiger partial charge in [0.25, 0.3) is 10.0 Å². The van der Waals surface area contributed by atoms with Crippen LogP contribution in [-0.4, -0.2) is 59.5 Å². The van der Waals surface area contributed by atoms with Crippen LogP contribution < -0.4 is 5.32 Å². The van der Waals surface area contributed by atoms with Gasteiger partial charge >= 0.3 is 11.9 Å². The fourth-order valence-electron chi connectivity index (χ4n) is 7.67. The van der Waals surface area contributed by atoms with Gasteiger partial charge in [-0.2, -0.15) is 12.8 Å². The predicted octanol–water partition coefficient (Wildman–Crippen LogP) is 8.03. The Labute approximate surface area is 321 Å². The number of aryl methyl sites for hydroxylation is 1. The van der Waals surface area contributed by atoms with Crippen molar-refractivity contribution in [3.63, 3.8) is 0 Å². The normalized spacial score (nSPS) is 24.7. The third-order valence-electron chi connectivity index (χ3n) is 10.6. The Morgan fingerprint density at radius 2 is 1.83 bits per heavy atom. The van der Waals surface area contributed by atoms with E-state index in [2.05, 4.69) is 66.0 Å². The molecule has 53 heavy (non-hydrogen) atoms. The van der Waals surface area contributed by atoms with Crippen molar-refractivity contribution in [2.45, 2.75) is 131 Å². The summed E-state index contributed by atoms with van der Waals surface area (Å²) in [6.07, 6.45) is 13.7. The summed E-state index contributed by atoms with van der Waals surface area (Å²) < 4.78 is 66.3. The van der Waals surface area contributed by atoms with Crippen LogP contribution in [0.5, 0.6) is 0 Å². The van der Waals surface area contributed by atoms with Gasteiger partial charge in [-0.1, -0.05) is 69.7 Å². The maximum Gasteiger partial charge on any atom is 0.305 e. The van der Waals surface area contributed by atoms with E-state index in [0.29, 0.717) is 49.1 Å². The molecule has 1 N–H and O–H groups in total. The van der Waals surface area contributed by atoms with Crippen LogP contribution in [0.1, 0.15) is 116 Å². The van der Waals surface area contributed by atoms with Gasteiger partial charge in [0.1, 0.15) is 14.5 Å². The molecule has 2 heterocycles. The van der Waals surface area contributed by atoms with Gasteiger partial charge in [-0.25, -0.2) is 8.42 Å². The van der Waals surface area contributed by atoms with Gasteiger partial charge in [0, 0.05) is 43.5 Å². The van der Waals surface area contributed by atoms with Gasteiger partial charge in [0.2, 0.25) is 0 Å².